The predicted octanol–water partition coefficient (Wildman–Crippen LogP) is 4.56. The molecule has 0 fully saturated rings. The highest BCUT2D eigenvalue weighted by Gasteiger charge is 2.31. The zero-order valence-corrected chi connectivity index (χ0v) is 14.1. The third-order valence-electron chi connectivity index (χ3n) is 3.52. The molecule has 7 heteroatoms. The number of aliphatic hydroxyl groups excluding tert-OH is 1. The van der Waals surface area contributed by atoms with Gasteiger partial charge in [-0.3, -0.25) is 0 Å². The molecule has 0 saturated carbocycles. The first-order valence-electron chi connectivity index (χ1n) is 7.36. The largest absolute Gasteiger partial charge is 0.463 e. The molecule has 0 amide bonds. The maximum Gasteiger partial charge on any atom is 0.416 e. The number of alkyl halides is 3. The molecule has 0 aliphatic heterocycles. The maximum atomic E-state index is 12.9. The molecule has 0 spiro atoms. The van der Waals surface area contributed by atoms with Crippen molar-refractivity contribution in [1.29, 1.82) is 0 Å². The second-order valence-electron chi connectivity index (χ2n) is 5.16. The van der Waals surface area contributed by atoms with Crippen LogP contribution < -0.4 is 0 Å². The molecule has 1 aromatic carbocycles. The lowest BCUT2D eigenvalue weighted by molar-refractivity contribution is -0.138. The molecule has 0 unspecified atom stereocenters. The number of aliphatic hydroxyl groups is 1. The summed E-state index contributed by atoms with van der Waals surface area (Å²) in [5.74, 6) is -0.534. The second kappa shape index (κ2) is 7.36. The standard InChI is InChI=1S/C17H17F3O3S/c1-3-23-15(22)8-11(6-7-21)16-10(2)13-5-4-12(17(18,19)20)9-14(13)24-16/h4-5,8-9,21H,3,6-7H2,1-2H3. The minimum Gasteiger partial charge on any atom is -0.463 e. The van der Waals surface area contributed by atoms with Gasteiger partial charge in [0.05, 0.1) is 12.2 Å². The lowest BCUT2D eigenvalue weighted by atomic mass is 10.0. The Morgan fingerprint density at radius 2 is 2.08 bits per heavy atom. The van der Waals surface area contributed by atoms with Gasteiger partial charge in [0.2, 0.25) is 0 Å². The summed E-state index contributed by atoms with van der Waals surface area (Å²) in [5, 5.41) is 9.92. The molecule has 0 saturated heterocycles. The van der Waals surface area contributed by atoms with Crippen LogP contribution in [0.3, 0.4) is 0 Å². The summed E-state index contributed by atoms with van der Waals surface area (Å²) < 4.78 is 43.9. The lowest BCUT2D eigenvalue weighted by Gasteiger charge is -2.06. The molecule has 3 nitrogen and oxygen atoms in total. The SMILES string of the molecule is CCOC(=O)C=C(CCO)c1sc2cc(C(F)(F)F)ccc2c1C. The second-order valence-corrected chi connectivity index (χ2v) is 6.21. The number of benzene rings is 1. The number of hydrogen-bond acceptors (Lipinski definition) is 4. The van der Waals surface area contributed by atoms with Crippen molar-refractivity contribution in [3.8, 4) is 0 Å². The first-order valence-corrected chi connectivity index (χ1v) is 8.18. The van der Waals surface area contributed by atoms with E-state index in [1.54, 1.807) is 13.8 Å². The van der Waals surface area contributed by atoms with E-state index in [1.807, 2.05) is 0 Å². The van der Waals surface area contributed by atoms with Crippen LogP contribution in [0.2, 0.25) is 0 Å². The van der Waals surface area contributed by atoms with Crippen molar-refractivity contribution in [2.24, 2.45) is 0 Å². The molecule has 0 radical (unpaired) electrons. The topological polar surface area (TPSA) is 46.5 Å². The maximum absolute atomic E-state index is 12.9. The molecular weight excluding hydrogens is 341 g/mol. The Kier molecular flexibility index (Phi) is 5.66. The van der Waals surface area contributed by atoms with Gasteiger partial charge in [0.25, 0.3) is 0 Å². The van der Waals surface area contributed by atoms with Gasteiger partial charge in [0.15, 0.2) is 0 Å². The average Bonchev–Trinajstić information content (AvgIpc) is 2.83. The number of hydrogen-bond donors (Lipinski definition) is 1. The van der Waals surface area contributed by atoms with E-state index in [4.69, 9.17) is 4.74 Å². The minimum absolute atomic E-state index is 0.174. The van der Waals surface area contributed by atoms with Crippen LogP contribution in [0.5, 0.6) is 0 Å². The summed E-state index contributed by atoms with van der Waals surface area (Å²) in [6.45, 7) is 3.52. The molecule has 2 aromatic rings. The fourth-order valence-corrected chi connectivity index (χ4v) is 3.70. The van der Waals surface area contributed by atoms with Crippen molar-refractivity contribution in [2.75, 3.05) is 13.2 Å². The fraction of sp³-hybridized carbons (Fsp3) is 0.353. The third kappa shape index (κ3) is 3.96. The third-order valence-corrected chi connectivity index (χ3v) is 4.85. The molecular formula is C17H17F3O3S. The van der Waals surface area contributed by atoms with E-state index < -0.39 is 17.7 Å². The van der Waals surface area contributed by atoms with E-state index >= 15 is 0 Å². The van der Waals surface area contributed by atoms with Crippen LogP contribution >= 0.6 is 11.3 Å². The van der Waals surface area contributed by atoms with Gasteiger partial charge >= 0.3 is 12.1 Å². The van der Waals surface area contributed by atoms with Crippen LogP contribution in [-0.2, 0) is 15.7 Å². The number of rotatable bonds is 5. The van der Waals surface area contributed by atoms with Crippen molar-refractivity contribution in [3.63, 3.8) is 0 Å². The van der Waals surface area contributed by atoms with Gasteiger partial charge in [-0.25, -0.2) is 4.79 Å². The van der Waals surface area contributed by atoms with E-state index in [0.29, 0.717) is 20.5 Å². The Labute approximate surface area is 141 Å². The summed E-state index contributed by atoms with van der Waals surface area (Å²) in [4.78, 5) is 12.4. The van der Waals surface area contributed by atoms with Crippen LogP contribution in [0.25, 0.3) is 15.7 Å². The van der Waals surface area contributed by atoms with E-state index in [2.05, 4.69) is 0 Å². The highest BCUT2D eigenvalue weighted by Crippen LogP contribution is 2.39. The zero-order valence-electron chi connectivity index (χ0n) is 13.2. The smallest absolute Gasteiger partial charge is 0.416 e. The predicted molar refractivity (Wildman–Crippen MR) is 87.9 cm³/mol. The van der Waals surface area contributed by atoms with Crippen molar-refractivity contribution in [3.05, 3.63) is 40.3 Å². The minimum atomic E-state index is -4.40. The summed E-state index contributed by atoms with van der Waals surface area (Å²) in [5.41, 5.74) is 0.636. The Hall–Kier alpha value is -1.86. The number of thiophene rings is 1. The highest BCUT2D eigenvalue weighted by atomic mass is 32.1. The van der Waals surface area contributed by atoms with Crippen LogP contribution in [-0.4, -0.2) is 24.3 Å². The summed E-state index contributed by atoms with van der Waals surface area (Å²) in [6, 6.07) is 3.60. The highest BCUT2D eigenvalue weighted by molar-refractivity contribution is 7.20. The number of halogens is 3. The number of fused-ring (bicyclic) bond motifs is 1. The molecule has 24 heavy (non-hydrogen) atoms. The summed E-state index contributed by atoms with van der Waals surface area (Å²) >= 11 is 1.18. The van der Waals surface area contributed by atoms with Gasteiger partial charge in [-0.2, -0.15) is 13.2 Å². The summed E-state index contributed by atoms with van der Waals surface area (Å²) in [6.07, 6.45) is -2.89. The lowest BCUT2D eigenvalue weighted by Crippen LogP contribution is -2.03. The van der Waals surface area contributed by atoms with Crippen molar-refractivity contribution in [2.45, 2.75) is 26.4 Å². The Morgan fingerprint density at radius 1 is 1.38 bits per heavy atom. The van der Waals surface area contributed by atoms with Crippen LogP contribution in [0.1, 0.15) is 29.3 Å². The first-order chi connectivity index (χ1) is 11.3. The van der Waals surface area contributed by atoms with Crippen LogP contribution in [0, 0.1) is 6.92 Å². The molecule has 0 aliphatic rings. The number of ether oxygens (including phenoxy) is 1. The summed E-state index contributed by atoms with van der Waals surface area (Å²) in [7, 11) is 0. The van der Waals surface area contributed by atoms with Gasteiger partial charge in [0, 0.05) is 22.3 Å². The fourth-order valence-electron chi connectivity index (χ4n) is 2.41. The quantitative estimate of drug-likeness (QED) is 0.630. The van der Waals surface area contributed by atoms with Gasteiger partial charge in [-0.05, 0) is 48.9 Å². The average molecular weight is 358 g/mol. The number of carbonyl (C=O) groups is 1. The Balaban J connectivity index is 2.53. The van der Waals surface area contributed by atoms with Gasteiger partial charge in [-0.15, -0.1) is 11.3 Å². The number of esters is 1. The molecule has 0 aliphatic carbocycles. The molecule has 0 atom stereocenters. The molecule has 1 aromatic heterocycles. The van der Waals surface area contributed by atoms with Gasteiger partial charge < -0.3 is 9.84 Å². The normalized spacial score (nSPS) is 12.7. The molecule has 0 bridgehead atoms. The van der Waals surface area contributed by atoms with Crippen molar-refractivity contribution in [1.82, 2.24) is 0 Å². The van der Waals surface area contributed by atoms with Gasteiger partial charge in [-0.1, -0.05) is 6.07 Å². The molecule has 1 heterocycles. The molecule has 1 N–H and O–H groups in total. The van der Waals surface area contributed by atoms with Gasteiger partial charge in [0.1, 0.15) is 0 Å². The molecule has 2 rings (SSSR count). The Bertz CT molecular complexity index is 775. The molecule has 130 valence electrons. The first kappa shape index (κ1) is 18.5. The van der Waals surface area contributed by atoms with Crippen molar-refractivity contribution >= 4 is 33.0 Å². The van der Waals surface area contributed by atoms with E-state index in [-0.39, 0.29) is 19.6 Å². The van der Waals surface area contributed by atoms with Crippen LogP contribution in [0.15, 0.2) is 24.3 Å². The van der Waals surface area contributed by atoms with E-state index in [1.165, 1.54) is 23.5 Å². The van der Waals surface area contributed by atoms with E-state index in [9.17, 15) is 23.1 Å². The number of carbonyl (C=O) groups excluding carboxylic acids is 1. The Morgan fingerprint density at radius 3 is 2.67 bits per heavy atom. The van der Waals surface area contributed by atoms with Crippen LogP contribution in [0.4, 0.5) is 13.2 Å². The van der Waals surface area contributed by atoms with E-state index in [0.717, 1.165) is 17.7 Å². The monoisotopic (exact) mass is 358 g/mol. The van der Waals surface area contributed by atoms with Crippen molar-refractivity contribution < 1.29 is 27.8 Å². The number of aryl methyl sites for hydroxylation is 1. The zero-order chi connectivity index (χ0) is 17.9.